The fourth-order valence-corrected chi connectivity index (χ4v) is 2.11. The van der Waals surface area contributed by atoms with E-state index in [1.165, 1.54) is 20.1 Å². The second-order valence-corrected chi connectivity index (χ2v) is 4.33. The molecule has 0 aromatic heterocycles. The molecule has 4 heteroatoms. The normalized spacial score (nSPS) is 21.8. The summed E-state index contributed by atoms with van der Waals surface area (Å²) in [6.07, 6.45) is 4.72. The predicted octanol–water partition coefficient (Wildman–Crippen LogP) is 1.69. The molecule has 0 spiro atoms. The van der Waals surface area contributed by atoms with E-state index < -0.39 is 5.54 Å². The van der Waals surface area contributed by atoms with Gasteiger partial charge in [-0.1, -0.05) is 30.3 Å². The van der Waals surface area contributed by atoms with Crippen molar-refractivity contribution >= 4 is 11.7 Å². The Labute approximate surface area is 111 Å². The number of nitrogens with one attached hydrogen (secondary N) is 1. The van der Waals surface area contributed by atoms with Crippen LogP contribution in [0.5, 0.6) is 0 Å². The molecule has 0 aliphatic heterocycles. The molecular weight excluding hydrogens is 242 g/mol. The maximum absolute atomic E-state index is 11.6. The standard InChI is InChI=1S/C15H15NO3/c1-11(17)16-15(12-6-4-3-5-7-12)9-8-13(18)14(10-15)19-2/h3-10H,1-2H3,(H,16,17). The smallest absolute Gasteiger partial charge is 0.219 e. The number of amides is 1. The largest absolute Gasteiger partial charge is 0.493 e. The molecule has 1 aromatic carbocycles. The summed E-state index contributed by atoms with van der Waals surface area (Å²) >= 11 is 0. The summed E-state index contributed by atoms with van der Waals surface area (Å²) in [5.74, 6) is -0.172. The fourth-order valence-electron chi connectivity index (χ4n) is 2.11. The van der Waals surface area contributed by atoms with Gasteiger partial charge in [-0.05, 0) is 23.8 Å². The molecule has 1 aromatic rings. The SMILES string of the molecule is COC1=CC(NC(C)=O)(c2ccccc2)C=CC1=O. The van der Waals surface area contributed by atoms with E-state index in [-0.39, 0.29) is 17.4 Å². The molecule has 1 atom stereocenters. The van der Waals surface area contributed by atoms with Crippen LogP contribution in [0.3, 0.4) is 0 Å². The van der Waals surface area contributed by atoms with Crippen molar-refractivity contribution in [3.8, 4) is 0 Å². The molecule has 4 nitrogen and oxygen atoms in total. The number of ether oxygens (including phenoxy) is 1. The lowest BCUT2D eigenvalue weighted by molar-refractivity contribution is -0.120. The Morgan fingerprint density at radius 1 is 1.26 bits per heavy atom. The van der Waals surface area contributed by atoms with E-state index in [0.717, 1.165) is 5.56 Å². The Bertz CT molecular complexity index is 560. The third kappa shape index (κ3) is 2.57. The first-order valence-corrected chi connectivity index (χ1v) is 5.92. The lowest BCUT2D eigenvalue weighted by atomic mass is 9.85. The van der Waals surface area contributed by atoms with Crippen LogP contribution in [0.25, 0.3) is 0 Å². The van der Waals surface area contributed by atoms with E-state index in [1.807, 2.05) is 30.3 Å². The van der Waals surface area contributed by atoms with E-state index in [2.05, 4.69) is 5.32 Å². The number of methoxy groups -OCH3 is 1. The summed E-state index contributed by atoms with van der Waals surface area (Å²) < 4.78 is 5.07. The Kier molecular flexibility index (Phi) is 3.51. The van der Waals surface area contributed by atoms with Crippen molar-refractivity contribution in [3.63, 3.8) is 0 Å². The molecule has 1 N–H and O–H groups in total. The van der Waals surface area contributed by atoms with Gasteiger partial charge in [-0.15, -0.1) is 0 Å². The van der Waals surface area contributed by atoms with Gasteiger partial charge in [0, 0.05) is 6.92 Å². The van der Waals surface area contributed by atoms with Gasteiger partial charge in [0.25, 0.3) is 0 Å². The van der Waals surface area contributed by atoms with Crippen LogP contribution in [0.2, 0.25) is 0 Å². The van der Waals surface area contributed by atoms with Crippen LogP contribution in [0.4, 0.5) is 0 Å². The van der Waals surface area contributed by atoms with Gasteiger partial charge < -0.3 is 10.1 Å². The molecule has 19 heavy (non-hydrogen) atoms. The zero-order valence-corrected chi connectivity index (χ0v) is 10.8. The van der Waals surface area contributed by atoms with Gasteiger partial charge in [-0.25, -0.2) is 0 Å². The number of carbonyl (C=O) groups is 2. The highest BCUT2D eigenvalue weighted by atomic mass is 16.5. The first kappa shape index (κ1) is 13.1. The van der Waals surface area contributed by atoms with Gasteiger partial charge in [0.15, 0.2) is 5.76 Å². The summed E-state index contributed by atoms with van der Waals surface area (Å²) in [5, 5.41) is 2.86. The molecule has 1 aliphatic rings. The third-order valence-corrected chi connectivity index (χ3v) is 2.95. The quantitative estimate of drug-likeness (QED) is 0.896. The van der Waals surface area contributed by atoms with Crippen LogP contribution < -0.4 is 5.32 Å². The van der Waals surface area contributed by atoms with Gasteiger partial charge in [-0.3, -0.25) is 9.59 Å². The van der Waals surface area contributed by atoms with Crippen molar-refractivity contribution < 1.29 is 14.3 Å². The first-order chi connectivity index (χ1) is 9.07. The highest BCUT2D eigenvalue weighted by Gasteiger charge is 2.33. The zero-order valence-electron chi connectivity index (χ0n) is 10.8. The van der Waals surface area contributed by atoms with Crippen LogP contribution in [-0.2, 0) is 19.9 Å². The lowest BCUT2D eigenvalue weighted by Gasteiger charge is -2.31. The van der Waals surface area contributed by atoms with E-state index in [1.54, 1.807) is 12.2 Å². The minimum absolute atomic E-state index is 0.186. The van der Waals surface area contributed by atoms with Gasteiger partial charge in [0.2, 0.25) is 11.7 Å². The number of ketones is 1. The van der Waals surface area contributed by atoms with Crippen molar-refractivity contribution in [2.24, 2.45) is 0 Å². The molecule has 1 amide bonds. The highest BCUT2D eigenvalue weighted by Crippen LogP contribution is 2.29. The van der Waals surface area contributed by atoms with Crippen molar-refractivity contribution in [1.29, 1.82) is 0 Å². The Morgan fingerprint density at radius 3 is 2.53 bits per heavy atom. The average Bonchev–Trinajstić information content (AvgIpc) is 2.41. The molecule has 0 heterocycles. The summed E-state index contributed by atoms with van der Waals surface area (Å²) in [5.41, 5.74) is 0.0234. The minimum Gasteiger partial charge on any atom is -0.493 e. The molecule has 0 radical (unpaired) electrons. The molecule has 1 unspecified atom stereocenters. The number of allylic oxidation sites excluding steroid dienone is 1. The average molecular weight is 257 g/mol. The molecule has 2 rings (SSSR count). The van der Waals surface area contributed by atoms with Gasteiger partial charge >= 0.3 is 0 Å². The molecule has 0 saturated heterocycles. The molecule has 0 saturated carbocycles. The highest BCUT2D eigenvalue weighted by molar-refractivity contribution is 6.04. The fraction of sp³-hybridized carbons (Fsp3) is 0.200. The van der Waals surface area contributed by atoms with Crippen LogP contribution in [0.15, 0.2) is 54.3 Å². The van der Waals surface area contributed by atoms with E-state index in [9.17, 15) is 9.59 Å². The monoisotopic (exact) mass is 257 g/mol. The Morgan fingerprint density at radius 2 is 1.95 bits per heavy atom. The van der Waals surface area contributed by atoms with E-state index in [0.29, 0.717) is 0 Å². The van der Waals surface area contributed by atoms with Gasteiger partial charge in [0.05, 0.1) is 7.11 Å². The summed E-state index contributed by atoms with van der Waals surface area (Å²) in [6, 6.07) is 9.43. The van der Waals surface area contributed by atoms with Gasteiger partial charge in [0.1, 0.15) is 5.54 Å². The van der Waals surface area contributed by atoms with Crippen LogP contribution >= 0.6 is 0 Å². The van der Waals surface area contributed by atoms with Crippen molar-refractivity contribution in [1.82, 2.24) is 5.32 Å². The van der Waals surface area contributed by atoms with Crippen molar-refractivity contribution in [2.75, 3.05) is 7.11 Å². The predicted molar refractivity (Wildman–Crippen MR) is 71.2 cm³/mol. The van der Waals surface area contributed by atoms with Crippen LogP contribution in [0.1, 0.15) is 12.5 Å². The number of rotatable bonds is 3. The molecular formula is C15H15NO3. The van der Waals surface area contributed by atoms with E-state index in [4.69, 9.17) is 4.74 Å². The molecule has 0 fully saturated rings. The summed E-state index contributed by atoms with van der Waals surface area (Å²) in [7, 11) is 1.44. The third-order valence-electron chi connectivity index (χ3n) is 2.95. The summed E-state index contributed by atoms with van der Waals surface area (Å²) in [6.45, 7) is 1.44. The minimum atomic E-state index is -0.841. The van der Waals surface area contributed by atoms with E-state index >= 15 is 0 Å². The number of hydrogen-bond acceptors (Lipinski definition) is 3. The second-order valence-electron chi connectivity index (χ2n) is 4.33. The summed E-state index contributed by atoms with van der Waals surface area (Å²) in [4.78, 5) is 23.1. The number of carbonyl (C=O) groups excluding carboxylic acids is 2. The number of hydrogen-bond donors (Lipinski definition) is 1. The Balaban J connectivity index is 2.54. The van der Waals surface area contributed by atoms with Gasteiger partial charge in [-0.2, -0.15) is 0 Å². The maximum Gasteiger partial charge on any atom is 0.219 e. The lowest BCUT2D eigenvalue weighted by Crippen LogP contribution is -2.43. The number of benzene rings is 1. The Hall–Kier alpha value is -2.36. The molecule has 1 aliphatic carbocycles. The van der Waals surface area contributed by atoms with Crippen molar-refractivity contribution in [3.05, 3.63) is 59.9 Å². The molecule has 98 valence electrons. The van der Waals surface area contributed by atoms with Crippen molar-refractivity contribution in [2.45, 2.75) is 12.5 Å². The second kappa shape index (κ2) is 5.10. The zero-order chi connectivity index (χ0) is 13.9. The first-order valence-electron chi connectivity index (χ1n) is 5.92. The van der Waals surface area contributed by atoms with Crippen LogP contribution in [-0.4, -0.2) is 18.8 Å². The topological polar surface area (TPSA) is 55.4 Å². The maximum atomic E-state index is 11.6. The van der Waals surface area contributed by atoms with Crippen LogP contribution in [0, 0.1) is 0 Å². The molecule has 0 bridgehead atoms.